The maximum absolute atomic E-state index is 13.5. The number of hydrogen-bond acceptors (Lipinski definition) is 6. The van der Waals surface area contributed by atoms with Crippen molar-refractivity contribution in [3.8, 4) is 17.2 Å². The van der Waals surface area contributed by atoms with Crippen LogP contribution in [0.5, 0.6) is 17.2 Å². The van der Waals surface area contributed by atoms with Crippen LogP contribution < -0.4 is 10.1 Å². The van der Waals surface area contributed by atoms with E-state index in [0.29, 0.717) is 32.0 Å². The lowest BCUT2D eigenvalue weighted by Crippen LogP contribution is -1.94. The van der Waals surface area contributed by atoms with Gasteiger partial charge in [0.2, 0.25) is 0 Å². The van der Waals surface area contributed by atoms with Crippen LogP contribution in [0.15, 0.2) is 84.1 Å². The minimum Gasteiger partial charge on any atom is -0.508 e. The van der Waals surface area contributed by atoms with Crippen molar-refractivity contribution in [3.63, 3.8) is 0 Å². The molecule has 1 aromatic heterocycles. The van der Waals surface area contributed by atoms with Crippen molar-refractivity contribution in [2.75, 3.05) is 5.32 Å². The van der Waals surface area contributed by atoms with Crippen molar-refractivity contribution in [1.82, 2.24) is 4.98 Å². The molecule has 0 aliphatic heterocycles. The van der Waals surface area contributed by atoms with Crippen molar-refractivity contribution < 1.29 is 14.2 Å². The van der Waals surface area contributed by atoms with Crippen LogP contribution >= 0.6 is 22.6 Å². The van der Waals surface area contributed by atoms with Gasteiger partial charge in [0.15, 0.2) is 0 Å². The number of rotatable bonds is 6. The van der Waals surface area contributed by atoms with Gasteiger partial charge in [-0.2, -0.15) is 5.11 Å². The molecule has 8 heteroatoms. The van der Waals surface area contributed by atoms with Gasteiger partial charge in [0, 0.05) is 17.3 Å². The quantitative estimate of drug-likeness (QED) is 0.145. The van der Waals surface area contributed by atoms with E-state index in [-0.39, 0.29) is 11.6 Å². The molecule has 0 spiro atoms. The average Bonchev–Trinajstić information content (AvgIpc) is 2.78. The van der Waals surface area contributed by atoms with E-state index >= 15 is 0 Å². The highest BCUT2D eigenvalue weighted by atomic mass is 127. The Morgan fingerprint density at radius 1 is 1.10 bits per heavy atom. The number of hydrogen-bond donors (Lipinski definition) is 3. The van der Waals surface area contributed by atoms with E-state index in [9.17, 15) is 9.50 Å². The maximum Gasteiger partial charge on any atom is 0.136 e. The topological polar surface area (TPSA) is 90.6 Å². The summed E-state index contributed by atoms with van der Waals surface area (Å²) in [5.74, 6) is 0.998. The predicted molar refractivity (Wildman–Crippen MR) is 126 cm³/mol. The first kappa shape index (κ1) is 20.7. The highest BCUT2D eigenvalue weighted by molar-refractivity contribution is 14.1. The fraction of sp³-hybridized carbons (Fsp3) is 0. The molecule has 0 bridgehead atoms. The van der Waals surface area contributed by atoms with Crippen LogP contribution in [0.4, 0.5) is 10.1 Å². The molecule has 31 heavy (non-hydrogen) atoms. The number of anilines is 1. The van der Waals surface area contributed by atoms with E-state index in [0.717, 1.165) is 11.1 Å². The highest BCUT2D eigenvalue weighted by Gasteiger charge is 2.09. The Hall–Kier alpha value is -3.53. The fourth-order valence-corrected chi connectivity index (χ4v) is 3.39. The number of nitrogens with one attached hydrogen (secondary N) is 2. The number of phenolic OH excluding ortho intramolecular Hbond substituents is 1. The number of nitrogens with zero attached hydrogens (tertiary/aromatic N) is 2. The lowest BCUT2D eigenvalue weighted by molar-refractivity contribution is 0.475. The molecule has 1 heterocycles. The van der Waals surface area contributed by atoms with Gasteiger partial charge < -0.3 is 15.2 Å². The molecule has 3 aromatic carbocycles. The summed E-state index contributed by atoms with van der Waals surface area (Å²) in [6.45, 7) is 0. The Kier molecular flexibility index (Phi) is 6.08. The summed E-state index contributed by atoms with van der Waals surface area (Å²) in [6.07, 6.45) is 1.58. The number of fused-ring (bicyclic) bond motifs is 1. The van der Waals surface area contributed by atoms with Crippen LogP contribution in [0.1, 0.15) is 5.69 Å². The van der Waals surface area contributed by atoms with Crippen LogP contribution in [0.25, 0.3) is 16.6 Å². The van der Waals surface area contributed by atoms with Gasteiger partial charge in [0.25, 0.3) is 0 Å². The Balaban J connectivity index is 1.62. The summed E-state index contributed by atoms with van der Waals surface area (Å²) >= 11 is 1.92. The van der Waals surface area contributed by atoms with Crippen LogP contribution in [-0.2, 0) is 0 Å². The van der Waals surface area contributed by atoms with Crippen molar-refractivity contribution in [2.24, 2.45) is 5.11 Å². The Morgan fingerprint density at radius 2 is 1.90 bits per heavy atom. The second-order valence-electron chi connectivity index (χ2n) is 6.53. The first-order valence-corrected chi connectivity index (χ1v) is 10.3. The zero-order valence-corrected chi connectivity index (χ0v) is 18.2. The number of benzene rings is 3. The van der Waals surface area contributed by atoms with Crippen molar-refractivity contribution in [3.05, 3.63) is 94.1 Å². The van der Waals surface area contributed by atoms with E-state index in [1.165, 1.54) is 6.07 Å². The second kappa shape index (κ2) is 9.09. The van der Waals surface area contributed by atoms with Gasteiger partial charge in [-0.05, 0) is 89.3 Å². The highest BCUT2D eigenvalue weighted by Crippen LogP contribution is 2.31. The van der Waals surface area contributed by atoms with E-state index < -0.39 is 0 Å². The molecule has 0 fully saturated rings. The molecule has 0 amide bonds. The Bertz CT molecular complexity index is 1290. The molecule has 0 unspecified atom stereocenters. The zero-order chi connectivity index (χ0) is 21.8. The third-order valence-electron chi connectivity index (χ3n) is 4.44. The number of phenols is 1. The van der Waals surface area contributed by atoms with Gasteiger partial charge in [-0.15, -0.1) is 0 Å². The lowest BCUT2D eigenvalue weighted by atomic mass is 10.1. The summed E-state index contributed by atoms with van der Waals surface area (Å²) in [5.41, 5.74) is 9.78. The normalized spacial score (nSPS) is 11.4. The SMILES string of the molecule is N=N/C(=C\Nc1ccc(O)cc1)c1ccc2c(Oc3ccc(F)c(I)c3)cccc2n1. The van der Waals surface area contributed by atoms with Gasteiger partial charge in [-0.1, -0.05) is 6.07 Å². The number of aromatic nitrogens is 1. The molecule has 0 radical (unpaired) electrons. The molecular formula is C23H16FIN4O2. The van der Waals surface area contributed by atoms with Gasteiger partial charge in [-0.3, -0.25) is 0 Å². The third-order valence-corrected chi connectivity index (χ3v) is 5.26. The molecule has 0 aliphatic rings. The van der Waals surface area contributed by atoms with E-state index in [4.69, 9.17) is 10.3 Å². The molecule has 0 saturated heterocycles. The summed E-state index contributed by atoms with van der Waals surface area (Å²) in [7, 11) is 0. The number of aromatic hydroxyl groups is 1. The molecule has 0 saturated carbocycles. The largest absolute Gasteiger partial charge is 0.508 e. The predicted octanol–water partition coefficient (Wildman–Crippen LogP) is 6.92. The van der Waals surface area contributed by atoms with Gasteiger partial charge in [-0.25, -0.2) is 14.9 Å². The summed E-state index contributed by atoms with van der Waals surface area (Å²) in [4.78, 5) is 4.60. The lowest BCUT2D eigenvalue weighted by Gasteiger charge is -2.10. The molecule has 4 aromatic rings. The Labute approximate surface area is 191 Å². The maximum atomic E-state index is 13.5. The fourth-order valence-electron chi connectivity index (χ4n) is 2.90. The number of pyridine rings is 1. The zero-order valence-electron chi connectivity index (χ0n) is 16.0. The molecule has 0 atom stereocenters. The summed E-state index contributed by atoms with van der Waals surface area (Å²) in [5, 5.41) is 16.8. The second-order valence-corrected chi connectivity index (χ2v) is 7.69. The third kappa shape index (κ3) is 4.80. The first-order valence-electron chi connectivity index (χ1n) is 9.20. The molecule has 154 valence electrons. The van der Waals surface area contributed by atoms with Gasteiger partial charge in [0.1, 0.15) is 28.8 Å². The van der Waals surface area contributed by atoms with E-state index in [1.54, 1.807) is 48.7 Å². The average molecular weight is 526 g/mol. The number of ether oxygens (including phenoxy) is 1. The number of halogens is 2. The van der Waals surface area contributed by atoms with Crippen LogP contribution in [0.2, 0.25) is 0 Å². The van der Waals surface area contributed by atoms with Crippen molar-refractivity contribution >= 4 is 44.9 Å². The minimum absolute atomic E-state index is 0.171. The Morgan fingerprint density at radius 3 is 2.65 bits per heavy atom. The molecular weight excluding hydrogens is 510 g/mol. The van der Waals surface area contributed by atoms with Crippen molar-refractivity contribution in [1.29, 1.82) is 5.53 Å². The van der Waals surface area contributed by atoms with Crippen LogP contribution in [-0.4, -0.2) is 10.1 Å². The van der Waals surface area contributed by atoms with Gasteiger partial charge >= 0.3 is 0 Å². The monoisotopic (exact) mass is 526 g/mol. The minimum atomic E-state index is -0.295. The molecule has 6 nitrogen and oxygen atoms in total. The van der Waals surface area contributed by atoms with Gasteiger partial charge in [0.05, 0.1) is 14.8 Å². The summed E-state index contributed by atoms with van der Waals surface area (Å²) in [6, 6.07) is 20.2. The first-order chi connectivity index (χ1) is 15.0. The van der Waals surface area contributed by atoms with Crippen LogP contribution in [0.3, 0.4) is 0 Å². The molecule has 4 rings (SSSR count). The van der Waals surface area contributed by atoms with Crippen LogP contribution in [0, 0.1) is 14.9 Å². The van der Waals surface area contributed by atoms with E-state index in [2.05, 4.69) is 15.4 Å². The smallest absolute Gasteiger partial charge is 0.136 e. The standard InChI is InChI=1S/C23H16FIN4O2/c24-18-10-8-16(12-19(18)25)31-23-3-1-2-20-17(23)9-11-21(28-20)22(29-26)13-27-14-4-6-15(30)7-5-14/h1-13,26-27,30H/b22-13-,29-26?. The van der Waals surface area contributed by atoms with E-state index in [1.807, 2.05) is 46.9 Å². The van der Waals surface area contributed by atoms with Crippen molar-refractivity contribution in [2.45, 2.75) is 0 Å². The molecule has 0 aliphatic carbocycles. The summed E-state index contributed by atoms with van der Waals surface area (Å²) < 4.78 is 19.9. The molecule has 3 N–H and O–H groups in total.